The molecular formula is C6H12N. The number of rotatable bonds is 2. The molecule has 1 heteroatoms. The van der Waals surface area contributed by atoms with Gasteiger partial charge in [0.25, 0.3) is 0 Å². The molecule has 0 amide bonds. The Morgan fingerprint density at radius 3 is 2.29 bits per heavy atom. The van der Waals surface area contributed by atoms with E-state index in [2.05, 4.69) is 11.9 Å². The third-order valence-electron chi connectivity index (χ3n) is 0.983. The number of hydrogen-bond acceptors (Lipinski definition) is 1. The predicted octanol–water partition coefficient (Wildman–Crippen LogP) is 1.69. The molecule has 0 aromatic rings. The monoisotopic (exact) mass is 98.1 g/mol. The van der Waals surface area contributed by atoms with Crippen molar-refractivity contribution in [1.82, 2.24) is 0 Å². The standard InChI is InChI=1S/C6H12N/c1-4-6(5-2)7-3/h4H,5H2,1-3H3. The topological polar surface area (TPSA) is 12.4 Å². The van der Waals surface area contributed by atoms with Gasteiger partial charge in [-0.2, -0.15) is 0 Å². The van der Waals surface area contributed by atoms with E-state index in [4.69, 9.17) is 0 Å². The minimum atomic E-state index is 1.05. The molecule has 0 aliphatic carbocycles. The molecule has 0 aliphatic heterocycles. The molecule has 0 saturated heterocycles. The molecule has 0 aromatic carbocycles. The first-order valence-electron chi connectivity index (χ1n) is 2.60. The molecule has 0 heterocycles. The summed E-state index contributed by atoms with van der Waals surface area (Å²) in [6.07, 6.45) is 3.08. The molecule has 7 heavy (non-hydrogen) atoms. The zero-order chi connectivity index (χ0) is 5.70. The fourth-order valence-corrected chi connectivity index (χ4v) is 0.491. The summed E-state index contributed by atoms with van der Waals surface area (Å²) in [6, 6.07) is 0. The Bertz CT molecular complexity index is 58.6. The molecule has 0 rings (SSSR count). The zero-order valence-electron chi connectivity index (χ0n) is 5.23. The van der Waals surface area contributed by atoms with Gasteiger partial charge in [0, 0.05) is 19.2 Å². The summed E-state index contributed by atoms with van der Waals surface area (Å²) in [4.78, 5) is 3.99. The van der Waals surface area contributed by atoms with Gasteiger partial charge in [-0.3, -0.25) is 4.99 Å². The van der Waals surface area contributed by atoms with Crippen molar-refractivity contribution in [3.8, 4) is 0 Å². The molecule has 0 bridgehead atoms. The lowest BCUT2D eigenvalue weighted by atomic mass is 10.2. The average molecular weight is 98.2 g/mol. The van der Waals surface area contributed by atoms with E-state index in [0.29, 0.717) is 0 Å². The molecule has 0 atom stereocenters. The summed E-state index contributed by atoms with van der Waals surface area (Å²) in [5.74, 6) is 0. The lowest BCUT2D eigenvalue weighted by molar-refractivity contribution is 1.23. The third-order valence-corrected chi connectivity index (χ3v) is 0.983. The summed E-state index contributed by atoms with van der Waals surface area (Å²) in [5, 5.41) is 0. The van der Waals surface area contributed by atoms with Crippen LogP contribution in [0.2, 0.25) is 0 Å². The van der Waals surface area contributed by atoms with Crippen molar-refractivity contribution in [2.75, 3.05) is 7.05 Å². The predicted molar refractivity (Wildman–Crippen MR) is 33.6 cm³/mol. The number of aliphatic imine (C=N–C) groups is 1. The maximum Gasteiger partial charge on any atom is 0.0276 e. The smallest absolute Gasteiger partial charge is 0.0276 e. The maximum atomic E-state index is 3.99. The minimum absolute atomic E-state index is 1.05. The highest BCUT2D eigenvalue weighted by Crippen LogP contribution is 1.86. The molecule has 0 fully saturated rings. The maximum absolute atomic E-state index is 3.99. The summed E-state index contributed by atoms with van der Waals surface area (Å²) in [6.45, 7) is 4.11. The highest BCUT2D eigenvalue weighted by atomic mass is 14.7. The molecule has 0 saturated carbocycles. The van der Waals surface area contributed by atoms with Crippen molar-refractivity contribution >= 4 is 5.71 Å². The quantitative estimate of drug-likeness (QED) is 0.466. The van der Waals surface area contributed by atoms with Crippen LogP contribution in [0.5, 0.6) is 0 Å². The largest absolute Gasteiger partial charge is 0.297 e. The van der Waals surface area contributed by atoms with Crippen LogP contribution in [-0.4, -0.2) is 12.8 Å². The molecule has 0 N–H and O–H groups in total. The molecule has 41 valence electrons. The van der Waals surface area contributed by atoms with Gasteiger partial charge >= 0.3 is 0 Å². The van der Waals surface area contributed by atoms with Crippen LogP contribution >= 0.6 is 0 Å². The molecular weight excluding hydrogens is 86.1 g/mol. The lowest BCUT2D eigenvalue weighted by Gasteiger charge is -1.91. The van der Waals surface area contributed by atoms with Gasteiger partial charge < -0.3 is 0 Å². The van der Waals surface area contributed by atoms with Crippen molar-refractivity contribution in [2.45, 2.75) is 20.3 Å². The first kappa shape index (κ1) is 6.67. The summed E-state index contributed by atoms with van der Waals surface area (Å²) >= 11 is 0. The van der Waals surface area contributed by atoms with Gasteiger partial charge in [-0.25, -0.2) is 0 Å². The zero-order valence-corrected chi connectivity index (χ0v) is 5.23. The van der Waals surface area contributed by atoms with E-state index in [9.17, 15) is 0 Å². The molecule has 0 aromatic heterocycles. The van der Waals surface area contributed by atoms with Gasteiger partial charge in [-0.15, -0.1) is 0 Å². The molecule has 0 aliphatic rings. The number of nitrogens with zero attached hydrogens (tertiary/aromatic N) is 1. The summed E-state index contributed by atoms with van der Waals surface area (Å²) in [5.41, 5.74) is 1.18. The van der Waals surface area contributed by atoms with Crippen molar-refractivity contribution < 1.29 is 0 Å². The van der Waals surface area contributed by atoms with Crippen LogP contribution in [0, 0.1) is 6.42 Å². The molecule has 0 spiro atoms. The van der Waals surface area contributed by atoms with E-state index < -0.39 is 0 Å². The minimum Gasteiger partial charge on any atom is -0.297 e. The average Bonchev–Trinajstić information content (AvgIpc) is 1.72. The summed E-state index contributed by atoms with van der Waals surface area (Å²) < 4.78 is 0. The van der Waals surface area contributed by atoms with Gasteiger partial charge in [-0.05, 0) is 6.42 Å². The van der Waals surface area contributed by atoms with Crippen molar-refractivity contribution in [1.29, 1.82) is 0 Å². The van der Waals surface area contributed by atoms with Gasteiger partial charge in [0.05, 0.1) is 0 Å². The second-order valence-electron chi connectivity index (χ2n) is 1.36. The SMILES string of the molecule is C[CH]C(CC)=NC. The Hall–Kier alpha value is -0.330. The summed E-state index contributed by atoms with van der Waals surface area (Å²) in [7, 11) is 1.82. The highest BCUT2D eigenvalue weighted by Gasteiger charge is 1.84. The number of hydrogen-bond donors (Lipinski definition) is 0. The van der Waals surface area contributed by atoms with E-state index in [1.54, 1.807) is 0 Å². The second kappa shape index (κ2) is 3.85. The van der Waals surface area contributed by atoms with Gasteiger partial charge in [-0.1, -0.05) is 13.8 Å². The van der Waals surface area contributed by atoms with E-state index in [0.717, 1.165) is 6.42 Å². The Balaban J connectivity index is 3.38. The molecule has 1 radical (unpaired) electrons. The Morgan fingerprint density at radius 2 is 2.29 bits per heavy atom. The van der Waals surface area contributed by atoms with Gasteiger partial charge in [0.1, 0.15) is 0 Å². The van der Waals surface area contributed by atoms with E-state index in [1.807, 2.05) is 20.4 Å². The van der Waals surface area contributed by atoms with Crippen LogP contribution in [0.1, 0.15) is 20.3 Å². The second-order valence-corrected chi connectivity index (χ2v) is 1.36. The first-order valence-corrected chi connectivity index (χ1v) is 2.60. The van der Waals surface area contributed by atoms with Crippen molar-refractivity contribution in [3.05, 3.63) is 6.42 Å². The fourth-order valence-electron chi connectivity index (χ4n) is 0.491. The van der Waals surface area contributed by atoms with Crippen LogP contribution in [0.3, 0.4) is 0 Å². The Kier molecular flexibility index (Phi) is 3.67. The lowest BCUT2D eigenvalue weighted by Crippen LogP contribution is -1.91. The Labute approximate surface area is 45.5 Å². The Morgan fingerprint density at radius 1 is 1.71 bits per heavy atom. The van der Waals surface area contributed by atoms with Gasteiger partial charge in [0.15, 0.2) is 0 Å². The fraction of sp³-hybridized carbons (Fsp3) is 0.667. The van der Waals surface area contributed by atoms with Crippen LogP contribution in [0.15, 0.2) is 4.99 Å². The van der Waals surface area contributed by atoms with E-state index in [-0.39, 0.29) is 0 Å². The van der Waals surface area contributed by atoms with E-state index in [1.165, 1.54) is 5.71 Å². The van der Waals surface area contributed by atoms with Crippen molar-refractivity contribution in [2.24, 2.45) is 4.99 Å². The van der Waals surface area contributed by atoms with E-state index >= 15 is 0 Å². The normalized spacial score (nSPS) is 12.1. The highest BCUT2D eigenvalue weighted by molar-refractivity contribution is 5.91. The molecule has 1 nitrogen and oxygen atoms in total. The van der Waals surface area contributed by atoms with Gasteiger partial charge in [0.2, 0.25) is 0 Å². The van der Waals surface area contributed by atoms with Crippen LogP contribution < -0.4 is 0 Å². The van der Waals surface area contributed by atoms with Crippen LogP contribution in [0.25, 0.3) is 0 Å². The van der Waals surface area contributed by atoms with Crippen LogP contribution in [-0.2, 0) is 0 Å². The molecule has 0 unspecified atom stereocenters. The third kappa shape index (κ3) is 2.38. The first-order chi connectivity index (χ1) is 3.35. The van der Waals surface area contributed by atoms with Crippen LogP contribution in [0.4, 0.5) is 0 Å². The van der Waals surface area contributed by atoms with Crippen molar-refractivity contribution in [3.63, 3.8) is 0 Å².